The standard InChI is InChI=1S/C13H17N7O/c1-2-4-14-11-8-20-7-6-16-13(20)12(18-11)15-5-3-10-17-9-21-19-10/h6-9,14H,2-5H2,1H3,(H,15,18). The molecule has 0 aliphatic heterocycles. The Kier molecular flexibility index (Phi) is 3.95. The number of aromatic nitrogens is 5. The maximum absolute atomic E-state index is 4.71. The van der Waals surface area contributed by atoms with Crippen LogP contribution in [0.5, 0.6) is 0 Å². The van der Waals surface area contributed by atoms with Crippen molar-refractivity contribution in [3.63, 3.8) is 0 Å². The maximum atomic E-state index is 4.71. The quantitative estimate of drug-likeness (QED) is 0.681. The molecular formula is C13H17N7O. The lowest BCUT2D eigenvalue weighted by molar-refractivity contribution is 0.410. The predicted molar refractivity (Wildman–Crippen MR) is 78.3 cm³/mol. The number of hydrogen-bond donors (Lipinski definition) is 2. The van der Waals surface area contributed by atoms with Gasteiger partial charge in [0.2, 0.25) is 6.39 Å². The molecular weight excluding hydrogens is 270 g/mol. The van der Waals surface area contributed by atoms with Gasteiger partial charge in [-0.1, -0.05) is 12.1 Å². The van der Waals surface area contributed by atoms with E-state index in [4.69, 9.17) is 4.52 Å². The Labute approximate surface area is 121 Å². The topological polar surface area (TPSA) is 93.2 Å². The zero-order valence-electron chi connectivity index (χ0n) is 11.8. The first-order valence-corrected chi connectivity index (χ1v) is 6.93. The third-order valence-corrected chi connectivity index (χ3v) is 2.98. The first-order valence-electron chi connectivity index (χ1n) is 6.93. The van der Waals surface area contributed by atoms with Crippen LogP contribution < -0.4 is 10.6 Å². The van der Waals surface area contributed by atoms with Crippen molar-refractivity contribution in [1.29, 1.82) is 0 Å². The molecule has 0 saturated carbocycles. The Morgan fingerprint density at radius 2 is 2.19 bits per heavy atom. The van der Waals surface area contributed by atoms with Gasteiger partial charge in [0.25, 0.3) is 0 Å². The molecule has 0 aromatic carbocycles. The SMILES string of the molecule is CCCNc1cn2ccnc2c(NCCc2ncon2)n1. The monoisotopic (exact) mass is 287 g/mol. The van der Waals surface area contributed by atoms with E-state index in [0.29, 0.717) is 18.8 Å². The Hall–Kier alpha value is -2.64. The van der Waals surface area contributed by atoms with Crippen LogP contribution in [0.15, 0.2) is 29.5 Å². The third-order valence-electron chi connectivity index (χ3n) is 2.98. The van der Waals surface area contributed by atoms with Crippen molar-refractivity contribution >= 4 is 17.3 Å². The summed E-state index contributed by atoms with van der Waals surface area (Å²) in [5, 5.41) is 10.3. The van der Waals surface area contributed by atoms with E-state index in [2.05, 4.69) is 37.7 Å². The Bertz CT molecular complexity index is 692. The van der Waals surface area contributed by atoms with Crippen LogP contribution in [-0.4, -0.2) is 37.6 Å². The minimum absolute atomic E-state index is 0.659. The molecule has 0 aliphatic rings. The second-order valence-electron chi connectivity index (χ2n) is 4.58. The molecule has 3 rings (SSSR count). The van der Waals surface area contributed by atoms with Gasteiger partial charge in [-0.05, 0) is 6.42 Å². The van der Waals surface area contributed by atoms with Crippen molar-refractivity contribution in [3.05, 3.63) is 30.8 Å². The fourth-order valence-electron chi connectivity index (χ4n) is 1.98. The van der Waals surface area contributed by atoms with Gasteiger partial charge in [-0.25, -0.2) is 9.97 Å². The minimum Gasteiger partial charge on any atom is -0.369 e. The summed E-state index contributed by atoms with van der Waals surface area (Å²) < 4.78 is 6.65. The fraction of sp³-hybridized carbons (Fsp3) is 0.385. The molecule has 21 heavy (non-hydrogen) atoms. The maximum Gasteiger partial charge on any atom is 0.213 e. The molecule has 0 unspecified atom stereocenters. The van der Waals surface area contributed by atoms with E-state index in [9.17, 15) is 0 Å². The summed E-state index contributed by atoms with van der Waals surface area (Å²) in [6.45, 7) is 3.66. The predicted octanol–water partition coefficient (Wildman–Crippen LogP) is 1.59. The molecule has 2 N–H and O–H groups in total. The highest BCUT2D eigenvalue weighted by molar-refractivity contribution is 5.65. The van der Waals surface area contributed by atoms with Crippen LogP contribution in [0.2, 0.25) is 0 Å². The van der Waals surface area contributed by atoms with E-state index in [1.807, 2.05) is 16.8 Å². The molecule has 8 heteroatoms. The van der Waals surface area contributed by atoms with Crippen LogP contribution in [0.3, 0.4) is 0 Å². The molecule has 8 nitrogen and oxygen atoms in total. The smallest absolute Gasteiger partial charge is 0.213 e. The van der Waals surface area contributed by atoms with E-state index in [1.54, 1.807) is 6.20 Å². The summed E-state index contributed by atoms with van der Waals surface area (Å²) in [5.74, 6) is 2.23. The van der Waals surface area contributed by atoms with Gasteiger partial charge in [0.15, 0.2) is 17.3 Å². The molecule has 3 heterocycles. The van der Waals surface area contributed by atoms with E-state index < -0.39 is 0 Å². The van der Waals surface area contributed by atoms with Crippen LogP contribution in [-0.2, 0) is 6.42 Å². The first-order chi connectivity index (χ1) is 10.4. The molecule has 0 bridgehead atoms. The lowest BCUT2D eigenvalue weighted by atomic mass is 10.4. The average Bonchev–Trinajstić information content (AvgIpc) is 3.15. The molecule has 0 radical (unpaired) electrons. The number of anilines is 2. The number of nitrogens with one attached hydrogen (secondary N) is 2. The van der Waals surface area contributed by atoms with Crippen molar-refractivity contribution in [2.45, 2.75) is 19.8 Å². The Balaban J connectivity index is 1.74. The van der Waals surface area contributed by atoms with Crippen LogP contribution >= 0.6 is 0 Å². The van der Waals surface area contributed by atoms with E-state index in [0.717, 1.165) is 30.2 Å². The molecule has 0 atom stereocenters. The summed E-state index contributed by atoms with van der Waals surface area (Å²) in [7, 11) is 0. The van der Waals surface area contributed by atoms with Gasteiger partial charge in [-0.3, -0.25) is 0 Å². The number of fused-ring (bicyclic) bond motifs is 1. The number of hydrogen-bond acceptors (Lipinski definition) is 7. The normalized spacial score (nSPS) is 10.9. The van der Waals surface area contributed by atoms with Crippen molar-refractivity contribution in [2.24, 2.45) is 0 Å². The molecule has 0 fully saturated rings. The zero-order valence-corrected chi connectivity index (χ0v) is 11.8. The van der Waals surface area contributed by atoms with Gasteiger partial charge in [-0.15, -0.1) is 0 Å². The van der Waals surface area contributed by atoms with Crippen LogP contribution in [0, 0.1) is 0 Å². The van der Waals surface area contributed by atoms with Crippen LogP contribution in [0.1, 0.15) is 19.2 Å². The summed E-state index contributed by atoms with van der Waals surface area (Å²) in [4.78, 5) is 12.9. The van der Waals surface area contributed by atoms with Gasteiger partial charge in [0.05, 0.1) is 6.20 Å². The fourth-order valence-corrected chi connectivity index (χ4v) is 1.98. The van der Waals surface area contributed by atoms with E-state index in [-0.39, 0.29) is 0 Å². The summed E-state index contributed by atoms with van der Waals surface area (Å²) in [6.07, 6.45) is 8.63. The van der Waals surface area contributed by atoms with E-state index in [1.165, 1.54) is 6.39 Å². The lowest BCUT2D eigenvalue weighted by Gasteiger charge is -2.10. The molecule has 110 valence electrons. The van der Waals surface area contributed by atoms with Crippen LogP contribution in [0.4, 0.5) is 11.6 Å². The summed E-state index contributed by atoms with van der Waals surface area (Å²) >= 11 is 0. The molecule has 0 spiro atoms. The molecule has 0 aliphatic carbocycles. The van der Waals surface area contributed by atoms with Crippen LogP contribution in [0.25, 0.3) is 5.65 Å². The van der Waals surface area contributed by atoms with Crippen molar-refractivity contribution < 1.29 is 4.52 Å². The Morgan fingerprint density at radius 3 is 3.00 bits per heavy atom. The van der Waals surface area contributed by atoms with Gasteiger partial charge in [-0.2, -0.15) is 4.98 Å². The molecule has 0 saturated heterocycles. The number of imidazole rings is 1. The van der Waals surface area contributed by atoms with Gasteiger partial charge in [0, 0.05) is 31.9 Å². The molecule has 3 aromatic rings. The lowest BCUT2D eigenvalue weighted by Crippen LogP contribution is -2.11. The summed E-state index contributed by atoms with van der Waals surface area (Å²) in [5.41, 5.74) is 0.796. The van der Waals surface area contributed by atoms with Gasteiger partial charge < -0.3 is 19.6 Å². The van der Waals surface area contributed by atoms with Crippen molar-refractivity contribution in [2.75, 3.05) is 23.7 Å². The third kappa shape index (κ3) is 3.10. The highest BCUT2D eigenvalue weighted by Gasteiger charge is 2.07. The molecule has 0 amide bonds. The molecule has 3 aromatic heterocycles. The van der Waals surface area contributed by atoms with Crippen molar-refractivity contribution in [3.8, 4) is 0 Å². The second kappa shape index (κ2) is 6.21. The highest BCUT2D eigenvalue weighted by Crippen LogP contribution is 2.16. The highest BCUT2D eigenvalue weighted by atomic mass is 16.5. The Morgan fingerprint density at radius 1 is 1.24 bits per heavy atom. The number of nitrogens with zero attached hydrogens (tertiary/aromatic N) is 5. The van der Waals surface area contributed by atoms with E-state index >= 15 is 0 Å². The first kappa shape index (κ1) is 13.3. The average molecular weight is 287 g/mol. The zero-order chi connectivity index (χ0) is 14.5. The largest absolute Gasteiger partial charge is 0.369 e. The number of rotatable bonds is 7. The van der Waals surface area contributed by atoms with Crippen molar-refractivity contribution in [1.82, 2.24) is 24.5 Å². The summed E-state index contributed by atoms with van der Waals surface area (Å²) in [6, 6.07) is 0. The van der Waals surface area contributed by atoms with Gasteiger partial charge >= 0.3 is 0 Å². The van der Waals surface area contributed by atoms with Gasteiger partial charge in [0.1, 0.15) is 5.82 Å². The minimum atomic E-state index is 0.659. The second-order valence-corrected chi connectivity index (χ2v) is 4.58.